The van der Waals surface area contributed by atoms with Crippen LogP contribution in [-0.4, -0.2) is 42.3 Å². The predicted molar refractivity (Wildman–Crippen MR) is 71.1 cm³/mol. The number of ether oxygens (including phenoxy) is 1. The number of rotatable bonds is 4. The van der Waals surface area contributed by atoms with E-state index in [4.69, 9.17) is 4.74 Å². The van der Waals surface area contributed by atoms with Crippen molar-refractivity contribution >= 4 is 5.91 Å². The van der Waals surface area contributed by atoms with Crippen molar-refractivity contribution in [2.24, 2.45) is 11.8 Å². The van der Waals surface area contributed by atoms with Crippen molar-refractivity contribution in [3.63, 3.8) is 0 Å². The maximum atomic E-state index is 12.4. The molecule has 0 aromatic heterocycles. The molecule has 18 heavy (non-hydrogen) atoms. The Morgan fingerprint density at radius 2 is 2.22 bits per heavy atom. The summed E-state index contributed by atoms with van der Waals surface area (Å²) in [7, 11) is 0. The molecule has 2 aliphatic rings. The second-order valence-corrected chi connectivity index (χ2v) is 5.93. The first-order valence-electron chi connectivity index (χ1n) is 7.22. The Kier molecular flexibility index (Phi) is 4.28. The Balaban J connectivity index is 2.05. The molecule has 0 radical (unpaired) electrons. The van der Waals surface area contributed by atoms with Crippen molar-refractivity contribution in [1.82, 2.24) is 10.2 Å². The Labute approximate surface area is 110 Å². The monoisotopic (exact) mass is 254 g/mol. The van der Waals surface area contributed by atoms with E-state index < -0.39 is 0 Å². The van der Waals surface area contributed by atoms with Crippen molar-refractivity contribution < 1.29 is 9.53 Å². The van der Waals surface area contributed by atoms with Crippen LogP contribution < -0.4 is 5.32 Å². The van der Waals surface area contributed by atoms with Gasteiger partial charge in [0, 0.05) is 19.1 Å². The zero-order valence-corrected chi connectivity index (χ0v) is 12.0. The third kappa shape index (κ3) is 2.54. The highest BCUT2D eigenvalue weighted by atomic mass is 16.5. The largest absolute Gasteiger partial charge is 0.378 e. The zero-order valence-electron chi connectivity index (χ0n) is 12.0. The van der Waals surface area contributed by atoms with Crippen LogP contribution in [0.2, 0.25) is 0 Å². The molecule has 0 aliphatic carbocycles. The molecule has 4 unspecified atom stereocenters. The van der Waals surface area contributed by atoms with Gasteiger partial charge in [0.05, 0.1) is 18.3 Å². The van der Waals surface area contributed by atoms with Gasteiger partial charge in [0.25, 0.3) is 0 Å². The Hall–Kier alpha value is -0.610. The van der Waals surface area contributed by atoms with Crippen LogP contribution in [0.5, 0.6) is 0 Å². The van der Waals surface area contributed by atoms with Gasteiger partial charge in [0.15, 0.2) is 0 Å². The summed E-state index contributed by atoms with van der Waals surface area (Å²) >= 11 is 0. The van der Waals surface area contributed by atoms with Gasteiger partial charge < -0.3 is 9.64 Å². The van der Waals surface area contributed by atoms with Gasteiger partial charge in [0.1, 0.15) is 0 Å². The molecule has 2 fully saturated rings. The lowest BCUT2D eigenvalue weighted by Crippen LogP contribution is -2.44. The van der Waals surface area contributed by atoms with E-state index in [9.17, 15) is 4.79 Å². The standard InChI is InChI=1S/C14H26N2O2/c1-5-12-14(17)16(13(15-12)9(2)3)8-11-6-7-18-10(11)4/h9-13,15H,5-8H2,1-4H3. The third-order valence-electron chi connectivity index (χ3n) is 4.29. The summed E-state index contributed by atoms with van der Waals surface area (Å²) in [5.74, 6) is 1.21. The molecule has 104 valence electrons. The Morgan fingerprint density at radius 3 is 2.72 bits per heavy atom. The zero-order chi connectivity index (χ0) is 13.3. The number of carbonyl (C=O) groups excluding carboxylic acids is 1. The van der Waals surface area contributed by atoms with E-state index in [-0.39, 0.29) is 24.2 Å². The number of nitrogens with one attached hydrogen (secondary N) is 1. The lowest BCUT2D eigenvalue weighted by molar-refractivity contribution is -0.131. The highest BCUT2D eigenvalue weighted by Gasteiger charge is 2.41. The summed E-state index contributed by atoms with van der Waals surface area (Å²) in [4.78, 5) is 14.4. The highest BCUT2D eigenvalue weighted by molar-refractivity contribution is 5.84. The van der Waals surface area contributed by atoms with Crippen molar-refractivity contribution in [1.29, 1.82) is 0 Å². The summed E-state index contributed by atoms with van der Waals surface area (Å²) in [6, 6.07) is 0.00928. The molecule has 2 rings (SSSR count). The van der Waals surface area contributed by atoms with Crippen LogP contribution in [0.25, 0.3) is 0 Å². The van der Waals surface area contributed by atoms with Gasteiger partial charge in [-0.3, -0.25) is 10.1 Å². The van der Waals surface area contributed by atoms with Gasteiger partial charge in [-0.1, -0.05) is 20.8 Å². The summed E-state index contributed by atoms with van der Waals surface area (Å²) in [5.41, 5.74) is 0. The first-order valence-corrected chi connectivity index (χ1v) is 7.22. The van der Waals surface area contributed by atoms with Gasteiger partial charge in [-0.15, -0.1) is 0 Å². The molecule has 1 N–H and O–H groups in total. The van der Waals surface area contributed by atoms with Gasteiger partial charge in [-0.25, -0.2) is 0 Å². The van der Waals surface area contributed by atoms with Gasteiger partial charge in [-0.2, -0.15) is 0 Å². The van der Waals surface area contributed by atoms with E-state index in [0.717, 1.165) is 26.0 Å². The molecule has 0 aromatic rings. The fourth-order valence-corrected chi connectivity index (χ4v) is 3.02. The molecule has 0 bridgehead atoms. The van der Waals surface area contributed by atoms with Crippen LogP contribution in [0.1, 0.15) is 40.5 Å². The van der Waals surface area contributed by atoms with Crippen LogP contribution >= 0.6 is 0 Å². The average molecular weight is 254 g/mol. The molecular weight excluding hydrogens is 228 g/mol. The third-order valence-corrected chi connectivity index (χ3v) is 4.29. The van der Waals surface area contributed by atoms with E-state index in [2.05, 4.69) is 37.9 Å². The quantitative estimate of drug-likeness (QED) is 0.828. The molecule has 2 heterocycles. The summed E-state index contributed by atoms with van der Waals surface area (Å²) in [6.45, 7) is 10.2. The molecule has 0 saturated carbocycles. The van der Waals surface area contributed by atoms with Crippen LogP contribution in [0.3, 0.4) is 0 Å². The number of hydrogen-bond donors (Lipinski definition) is 1. The normalized spacial score (nSPS) is 36.9. The minimum absolute atomic E-state index is 0.00928. The molecule has 4 nitrogen and oxygen atoms in total. The maximum Gasteiger partial charge on any atom is 0.241 e. The molecule has 4 atom stereocenters. The lowest BCUT2D eigenvalue weighted by atomic mass is 10.0. The number of nitrogens with zero attached hydrogens (tertiary/aromatic N) is 1. The molecule has 0 spiro atoms. The van der Waals surface area contributed by atoms with Crippen molar-refractivity contribution in [3.05, 3.63) is 0 Å². The first kappa shape index (κ1) is 13.8. The van der Waals surface area contributed by atoms with E-state index in [1.165, 1.54) is 0 Å². The molecule has 0 aromatic carbocycles. The highest BCUT2D eigenvalue weighted by Crippen LogP contribution is 2.26. The SMILES string of the molecule is CCC1NC(C(C)C)N(CC2CCOC2C)C1=O. The summed E-state index contributed by atoms with van der Waals surface area (Å²) in [5, 5.41) is 3.46. The second kappa shape index (κ2) is 5.57. The molecule has 2 saturated heterocycles. The smallest absolute Gasteiger partial charge is 0.241 e. The number of hydrogen-bond acceptors (Lipinski definition) is 3. The Morgan fingerprint density at radius 1 is 1.50 bits per heavy atom. The summed E-state index contributed by atoms with van der Waals surface area (Å²) in [6.07, 6.45) is 2.42. The fraction of sp³-hybridized carbons (Fsp3) is 0.929. The van der Waals surface area contributed by atoms with Crippen molar-refractivity contribution in [2.45, 2.75) is 58.8 Å². The van der Waals surface area contributed by atoms with E-state index in [1.54, 1.807) is 0 Å². The lowest BCUT2D eigenvalue weighted by Gasteiger charge is -2.30. The van der Waals surface area contributed by atoms with Crippen molar-refractivity contribution in [2.75, 3.05) is 13.2 Å². The van der Waals surface area contributed by atoms with E-state index in [1.807, 2.05) is 0 Å². The van der Waals surface area contributed by atoms with Crippen LogP contribution in [0.15, 0.2) is 0 Å². The molecular formula is C14H26N2O2. The van der Waals surface area contributed by atoms with Crippen LogP contribution in [0, 0.1) is 11.8 Å². The van der Waals surface area contributed by atoms with E-state index in [0.29, 0.717) is 11.8 Å². The summed E-state index contributed by atoms with van der Waals surface area (Å²) < 4.78 is 5.60. The first-order chi connectivity index (χ1) is 8.54. The molecule has 2 aliphatic heterocycles. The average Bonchev–Trinajstić information content (AvgIpc) is 2.86. The van der Waals surface area contributed by atoms with Crippen LogP contribution in [-0.2, 0) is 9.53 Å². The fourth-order valence-electron chi connectivity index (χ4n) is 3.02. The number of carbonyl (C=O) groups is 1. The van der Waals surface area contributed by atoms with E-state index >= 15 is 0 Å². The van der Waals surface area contributed by atoms with Gasteiger partial charge in [-0.05, 0) is 25.7 Å². The maximum absolute atomic E-state index is 12.4. The second-order valence-electron chi connectivity index (χ2n) is 5.93. The minimum Gasteiger partial charge on any atom is -0.378 e. The topological polar surface area (TPSA) is 41.6 Å². The van der Waals surface area contributed by atoms with Crippen molar-refractivity contribution in [3.8, 4) is 0 Å². The van der Waals surface area contributed by atoms with Gasteiger partial charge >= 0.3 is 0 Å². The molecule has 1 amide bonds. The minimum atomic E-state index is 0.00928. The predicted octanol–water partition coefficient (Wildman–Crippen LogP) is 1.60. The van der Waals surface area contributed by atoms with Gasteiger partial charge in [0.2, 0.25) is 5.91 Å². The Bertz CT molecular complexity index is 306. The van der Waals surface area contributed by atoms with Crippen LogP contribution in [0.4, 0.5) is 0 Å². The number of amides is 1. The molecule has 4 heteroatoms.